The number of carbonyl (C=O) groups excluding carboxylic acids is 1. The Labute approximate surface area is 151 Å². The van der Waals surface area contributed by atoms with E-state index in [2.05, 4.69) is 40.5 Å². The number of hydrogen-bond acceptors (Lipinski definition) is 3. The van der Waals surface area contributed by atoms with Crippen LogP contribution in [0.5, 0.6) is 0 Å². The van der Waals surface area contributed by atoms with E-state index in [1.54, 1.807) is 4.90 Å². The number of nitrogens with one attached hydrogen (secondary N) is 1. The molecule has 1 aromatic rings. The Hall–Kier alpha value is -1.59. The maximum absolute atomic E-state index is 12.3. The first-order chi connectivity index (χ1) is 12.1. The maximum atomic E-state index is 12.3. The first-order valence-electron chi connectivity index (χ1n) is 9.59. The van der Waals surface area contributed by atoms with Gasteiger partial charge in [0, 0.05) is 32.7 Å². The number of urea groups is 1. The van der Waals surface area contributed by atoms with Crippen LogP contribution in [0.25, 0.3) is 0 Å². The van der Waals surface area contributed by atoms with Crippen molar-refractivity contribution in [3.63, 3.8) is 0 Å². The molecular weight excluding hydrogens is 314 g/mol. The van der Waals surface area contributed by atoms with Crippen molar-refractivity contribution in [2.24, 2.45) is 11.8 Å². The molecule has 3 unspecified atom stereocenters. The standard InChI is InChI=1S/C20H31N3O2/c1-16-7-12-23(15-19(16)24)20(25)21-13-18-9-11-22(14-18)10-8-17-5-3-2-4-6-17/h2-6,16,18-19,24H,7-15H2,1H3,(H,21,25). The summed E-state index contributed by atoms with van der Waals surface area (Å²) < 4.78 is 0. The molecule has 2 amide bonds. The third kappa shape index (κ3) is 5.19. The minimum atomic E-state index is -0.389. The lowest BCUT2D eigenvalue weighted by Gasteiger charge is -2.34. The lowest BCUT2D eigenvalue weighted by molar-refractivity contribution is 0.0434. The van der Waals surface area contributed by atoms with E-state index < -0.39 is 0 Å². The van der Waals surface area contributed by atoms with Gasteiger partial charge in [-0.15, -0.1) is 0 Å². The molecule has 0 bridgehead atoms. The number of rotatable bonds is 5. The van der Waals surface area contributed by atoms with Crippen molar-refractivity contribution >= 4 is 6.03 Å². The molecule has 2 fully saturated rings. The summed E-state index contributed by atoms with van der Waals surface area (Å²) in [4.78, 5) is 16.5. The van der Waals surface area contributed by atoms with Gasteiger partial charge in [0.2, 0.25) is 0 Å². The summed E-state index contributed by atoms with van der Waals surface area (Å²) in [6.07, 6.45) is 2.73. The molecule has 2 aliphatic rings. The molecule has 2 aliphatic heterocycles. The Morgan fingerprint density at radius 2 is 2.00 bits per heavy atom. The number of aliphatic hydroxyl groups excluding tert-OH is 1. The second-order valence-corrected chi connectivity index (χ2v) is 7.66. The highest BCUT2D eigenvalue weighted by atomic mass is 16.3. The molecule has 5 nitrogen and oxygen atoms in total. The van der Waals surface area contributed by atoms with Crippen LogP contribution in [0.4, 0.5) is 4.79 Å². The Bertz CT molecular complexity index is 551. The van der Waals surface area contributed by atoms with Crippen LogP contribution in [0.2, 0.25) is 0 Å². The quantitative estimate of drug-likeness (QED) is 0.858. The van der Waals surface area contributed by atoms with Gasteiger partial charge in [0.15, 0.2) is 0 Å². The van der Waals surface area contributed by atoms with Gasteiger partial charge in [-0.3, -0.25) is 0 Å². The number of hydrogen-bond donors (Lipinski definition) is 2. The van der Waals surface area contributed by atoms with Crippen LogP contribution in [0, 0.1) is 11.8 Å². The summed E-state index contributed by atoms with van der Waals surface area (Å²) in [6, 6.07) is 10.6. The van der Waals surface area contributed by atoms with Gasteiger partial charge in [-0.05, 0) is 43.2 Å². The number of aliphatic hydroxyl groups is 1. The van der Waals surface area contributed by atoms with Gasteiger partial charge in [0.05, 0.1) is 6.10 Å². The molecule has 5 heteroatoms. The average molecular weight is 345 g/mol. The number of β-amino-alcohol motifs (C(OH)–C–C–N with tert-alkyl or cyclic N) is 1. The van der Waals surface area contributed by atoms with Crippen molar-refractivity contribution in [3.8, 4) is 0 Å². The number of likely N-dealkylation sites (tertiary alicyclic amines) is 2. The van der Waals surface area contributed by atoms with Crippen LogP contribution in [0.3, 0.4) is 0 Å². The molecule has 0 spiro atoms. The van der Waals surface area contributed by atoms with Crippen molar-refractivity contribution in [2.45, 2.75) is 32.3 Å². The zero-order valence-electron chi connectivity index (χ0n) is 15.2. The van der Waals surface area contributed by atoms with Gasteiger partial charge >= 0.3 is 6.03 Å². The Morgan fingerprint density at radius 3 is 2.76 bits per heavy atom. The Balaban J connectivity index is 1.35. The molecule has 2 N–H and O–H groups in total. The van der Waals surface area contributed by atoms with Gasteiger partial charge in [-0.25, -0.2) is 4.79 Å². The van der Waals surface area contributed by atoms with Gasteiger partial charge in [-0.1, -0.05) is 37.3 Å². The molecule has 138 valence electrons. The molecule has 3 rings (SSSR count). The van der Waals surface area contributed by atoms with Crippen LogP contribution in [0.15, 0.2) is 30.3 Å². The third-order valence-corrected chi connectivity index (χ3v) is 5.68. The summed E-state index contributed by atoms with van der Waals surface area (Å²) >= 11 is 0. The molecule has 0 saturated carbocycles. The summed E-state index contributed by atoms with van der Waals surface area (Å²) in [5.74, 6) is 0.824. The fourth-order valence-corrected chi connectivity index (χ4v) is 3.79. The summed E-state index contributed by atoms with van der Waals surface area (Å²) in [5.41, 5.74) is 1.39. The first kappa shape index (κ1) is 18.2. The molecule has 0 aliphatic carbocycles. The smallest absolute Gasteiger partial charge is 0.317 e. The van der Waals surface area contributed by atoms with E-state index in [9.17, 15) is 9.90 Å². The second kappa shape index (κ2) is 8.68. The van der Waals surface area contributed by atoms with Gasteiger partial charge in [-0.2, -0.15) is 0 Å². The minimum Gasteiger partial charge on any atom is -0.391 e. The van der Waals surface area contributed by atoms with E-state index in [0.29, 0.717) is 12.5 Å². The average Bonchev–Trinajstić information content (AvgIpc) is 3.09. The van der Waals surface area contributed by atoms with Gasteiger partial charge in [0.1, 0.15) is 0 Å². The molecule has 1 aromatic carbocycles. The molecule has 25 heavy (non-hydrogen) atoms. The highest BCUT2D eigenvalue weighted by Crippen LogP contribution is 2.18. The largest absolute Gasteiger partial charge is 0.391 e. The molecular formula is C20H31N3O2. The SMILES string of the molecule is CC1CCN(C(=O)NCC2CCN(CCc3ccccc3)C2)CC1O. The highest BCUT2D eigenvalue weighted by Gasteiger charge is 2.28. The molecule has 2 heterocycles. The van der Waals surface area contributed by atoms with Crippen molar-refractivity contribution in [1.29, 1.82) is 0 Å². The van der Waals surface area contributed by atoms with Crippen LogP contribution in [-0.4, -0.2) is 66.3 Å². The normalized spacial score (nSPS) is 27.4. The predicted octanol–water partition coefficient (Wildman–Crippen LogP) is 1.96. The fraction of sp³-hybridized carbons (Fsp3) is 0.650. The van der Waals surface area contributed by atoms with Crippen molar-refractivity contribution in [3.05, 3.63) is 35.9 Å². The topological polar surface area (TPSA) is 55.8 Å². The van der Waals surface area contributed by atoms with Crippen LogP contribution in [-0.2, 0) is 6.42 Å². The Kier molecular flexibility index (Phi) is 6.32. The lowest BCUT2D eigenvalue weighted by Crippen LogP contribution is -2.50. The summed E-state index contributed by atoms with van der Waals surface area (Å²) in [6.45, 7) is 7.26. The predicted molar refractivity (Wildman–Crippen MR) is 99.5 cm³/mol. The molecule has 2 saturated heterocycles. The Morgan fingerprint density at radius 1 is 1.20 bits per heavy atom. The number of piperidine rings is 1. The van der Waals surface area contributed by atoms with Crippen LogP contribution >= 0.6 is 0 Å². The summed E-state index contributed by atoms with van der Waals surface area (Å²) in [7, 11) is 0. The highest BCUT2D eigenvalue weighted by molar-refractivity contribution is 5.74. The van der Waals surface area contributed by atoms with Gasteiger partial charge in [0.25, 0.3) is 0 Å². The van der Waals surface area contributed by atoms with Crippen LogP contribution in [0.1, 0.15) is 25.3 Å². The zero-order valence-corrected chi connectivity index (χ0v) is 15.2. The van der Waals surface area contributed by atoms with E-state index in [0.717, 1.165) is 52.0 Å². The van der Waals surface area contributed by atoms with E-state index in [1.807, 2.05) is 6.92 Å². The number of carbonyl (C=O) groups is 1. The van der Waals surface area contributed by atoms with E-state index >= 15 is 0 Å². The summed E-state index contributed by atoms with van der Waals surface area (Å²) in [5, 5.41) is 13.0. The van der Waals surface area contributed by atoms with E-state index in [-0.39, 0.29) is 18.1 Å². The fourth-order valence-electron chi connectivity index (χ4n) is 3.79. The first-order valence-corrected chi connectivity index (χ1v) is 9.59. The lowest BCUT2D eigenvalue weighted by atomic mass is 9.96. The molecule has 0 radical (unpaired) electrons. The minimum absolute atomic E-state index is 0.0197. The van der Waals surface area contributed by atoms with Gasteiger partial charge < -0.3 is 20.2 Å². The van der Waals surface area contributed by atoms with E-state index in [1.165, 1.54) is 5.56 Å². The van der Waals surface area contributed by atoms with Crippen LogP contribution < -0.4 is 5.32 Å². The third-order valence-electron chi connectivity index (χ3n) is 5.68. The number of nitrogens with zero attached hydrogens (tertiary/aromatic N) is 2. The van der Waals surface area contributed by atoms with Crippen molar-refractivity contribution < 1.29 is 9.90 Å². The maximum Gasteiger partial charge on any atom is 0.317 e. The second-order valence-electron chi connectivity index (χ2n) is 7.66. The van der Waals surface area contributed by atoms with Crippen molar-refractivity contribution in [1.82, 2.24) is 15.1 Å². The number of amides is 2. The van der Waals surface area contributed by atoms with Crippen molar-refractivity contribution in [2.75, 3.05) is 39.3 Å². The monoisotopic (exact) mass is 345 g/mol. The molecule has 3 atom stereocenters. The zero-order chi connectivity index (χ0) is 17.6. The number of benzene rings is 1. The molecule has 0 aromatic heterocycles. The van der Waals surface area contributed by atoms with E-state index in [4.69, 9.17) is 0 Å².